The van der Waals surface area contributed by atoms with E-state index in [-0.39, 0.29) is 36.5 Å². The maximum atomic E-state index is 13.2. The summed E-state index contributed by atoms with van der Waals surface area (Å²) in [5, 5.41) is 13.0. The van der Waals surface area contributed by atoms with Gasteiger partial charge in [0.2, 0.25) is 0 Å². The Morgan fingerprint density at radius 1 is 1.13 bits per heavy atom. The Balaban J connectivity index is 1.51. The first kappa shape index (κ1) is 21.5. The molecule has 2 aliphatic rings. The summed E-state index contributed by atoms with van der Waals surface area (Å²) in [6.07, 6.45) is 5.99. The lowest BCUT2D eigenvalue weighted by molar-refractivity contribution is -0.0585. The van der Waals surface area contributed by atoms with Gasteiger partial charge in [-0.15, -0.1) is 0 Å². The van der Waals surface area contributed by atoms with E-state index in [1.165, 1.54) is 17.7 Å². The minimum atomic E-state index is -0.326. The average Bonchev–Trinajstić information content (AvgIpc) is 2.75. The molecule has 2 N–H and O–H groups in total. The number of amides is 2. The van der Waals surface area contributed by atoms with Crippen LogP contribution in [0.1, 0.15) is 36.8 Å². The molecule has 0 aromatic heterocycles. The van der Waals surface area contributed by atoms with Crippen molar-refractivity contribution >= 4 is 17.8 Å². The molecule has 0 radical (unpaired) electrons. The SMILES string of the molecule is CC=Cc1ccc([C@@H]2[C@H]3CN(C(=O)Nc4ccc(F)cc4)CCCCN3[C@H]2CO)cc1. The zero-order valence-electron chi connectivity index (χ0n) is 17.9. The van der Waals surface area contributed by atoms with Crippen LogP contribution in [0.5, 0.6) is 0 Å². The number of hydrogen-bond donors (Lipinski definition) is 2. The number of benzene rings is 2. The molecule has 0 saturated carbocycles. The van der Waals surface area contributed by atoms with Crippen molar-refractivity contribution in [3.63, 3.8) is 0 Å². The van der Waals surface area contributed by atoms with E-state index in [4.69, 9.17) is 0 Å². The van der Waals surface area contributed by atoms with Gasteiger partial charge in [-0.25, -0.2) is 9.18 Å². The number of anilines is 1. The number of rotatable bonds is 4. The number of nitrogens with zero attached hydrogens (tertiary/aromatic N) is 2. The van der Waals surface area contributed by atoms with Crippen molar-refractivity contribution in [2.75, 3.05) is 31.6 Å². The van der Waals surface area contributed by atoms with Gasteiger partial charge >= 0.3 is 6.03 Å². The first-order valence-corrected chi connectivity index (χ1v) is 11.0. The third kappa shape index (κ3) is 4.65. The Hall–Kier alpha value is -2.70. The van der Waals surface area contributed by atoms with Crippen LogP contribution in [0.2, 0.25) is 0 Å². The summed E-state index contributed by atoms with van der Waals surface area (Å²) in [5.41, 5.74) is 2.94. The van der Waals surface area contributed by atoms with Gasteiger partial charge in [0.1, 0.15) is 5.82 Å². The quantitative estimate of drug-likeness (QED) is 0.770. The minimum absolute atomic E-state index is 0.0812. The molecule has 2 saturated heterocycles. The van der Waals surface area contributed by atoms with Crippen LogP contribution < -0.4 is 5.32 Å². The molecule has 0 spiro atoms. The van der Waals surface area contributed by atoms with Crippen molar-refractivity contribution in [2.45, 2.75) is 37.8 Å². The summed E-state index contributed by atoms with van der Waals surface area (Å²) < 4.78 is 13.2. The van der Waals surface area contributed by atoms with Crippen LogP contribution in [-0.2, 0) is 0 Å². The van der Waals surface area contributed by atoms with E-state index in [1.807, 2.05) is 17.9 Å². The van der Waals surface area contributed by atoms with E-state index in [0.29, 0.717) is 18.8 Å². The highest BCUT2D eigenvalue weighted by molar-refractivity contribution is 5.89. The van der Waals surface area contributed by atoms with E-state index >= 15 is 0 Å². The van der Waals surface area contributed by atoms with Gasteiger partial charge < -0.3 is 15.3 Å². The van der Waals surface area contributed by atoms with Crippen LogP contribution in [0.15, 0.2) is 54.6 Å². The molecule has 2 aromatic carbocycles. The lowest BCUT2D eigenvalue weighted by Gasteiger charge is -2.57. The van der Waals surface area contributed by atoms with E-state index in [9.17, 15) is 14.3 Å². The Morgan fingerprint density at radius 3 is 2.52 bits per heavy atom. The molecule has 31 heavy (non-hydrogen) atoms. The molecular weight excluding hydrogens is 393 g/mol. The van der Waals surface area contributed by atoms with Crippen LogP contribution in [0.25, 0.3) is 6.08 Å². The number of fused-ring (bicyclic) bond motifs is 1. The number of aliphatic hydroxyl groups excluding tert-OH is 1. The molecule has 2 amide bonds. The predicted octanol–water partition coefficient (Wildman–Crippen LogP) is 4.32. The zero-order chi connectivity index (χ0) is 21.8. The van der Waals surface area contributed by atoms with Gasteiger partial charge in [-0.1, -0.05) is 36.4 Å². The molecule has 0 unspecified atom stereocenters. The van der Waals surface area contributed by atoms with Gasteiger partial charge in [0, 0.05) is 36.8 Å². The standard InChI is InChI=1S/C25H30FN3O2/c1-2-5-18-6-8-19(9-7-18)24-22-16-28(14-3-4-15-29(22)23(24)17-30)25(31)27-21-12-10-20(26)11-13-21/h2,5-13,22-24,30H,3-4,14-17H2,1H3,(H,27,31)/t22-,23+,24-/m1/s1. The average molecular weight is 424 g/mol. The Morgan fingerprint density at radius 2 is 1.84 bits per heavy atom. The first-order chi connectivity index (χ1) is 15.1. The van der Waals surface area contributed by atoms with Crippen LogP contribution in [0.3, 0.4) is 0 Å². The Kier molecular flexibility index (Phi) is 6.68. The number of halogens is 1. The minimum Gasteiger partial charge on any atom is -0.395 e. The second kappa shape index (κ2) is 9.62. The third-order valence-electron chi connectivity index (χ3n) is 6.43. The second-order valence-electron chi connectivity index (χ2n) is 8.34. The number of aliphatic hydroxyl groups is 1. The largest absolute Gasteiger partial charge is 0.395 e. The second-order valence-corrected chi connectivity index (χ2v) is 8.34. The van der Waals surface area contributed by atoms with Crippen LogP contribution in [0.4, 0.5) is 14.9 Å². The highest BCUT2D eigenvalue weighted by atomic mass is 19.1. The van der Waals surface area contributed by atoms with Gasteiger partial charge in [-0.3, -0.25) is 4.90 Å². The smallest absolute Gasteiger partial charge is 0.321 e. The zero-order valence-corrected chi connectivity index (χ0v) is 17.9. The maximum Gasteiger partial charge on any atom is 0.321 e. The Labute approximate surface area is 183 Å². The summed E-state index contributed by atoms with van der Waals surface area (Å²) in [7, 11) is 0. The van der Waals surface area contributed by atoms with E-state index in [1.54, 1.807) is 12.1 Å². The van der Waals surface area contributed by atoms with Gasteiger partial charge in [0.15, 0.2) is 0 Å². The molecule has 2 heterocycles. The molecule has 4 rings (SSSR count). The molecule has 2 aliphatic heterocycles. The van der Waals surface area contributed by atoms with Gasteiger partial charge in [-0.05, 0) is 61.7 Å². The third-order valence-corrected chi connectivity index (χ3v) is 6.43. The summed E-state index contributed by atoms with van der Waals surface area (Å²) >= 11 is 0. The number of carbonyl (C=O) groups excluding carboxylic acids is 1. The first-order valence-electron chi connectivity index (χ1n) is 11.0. The number of nitrogens with one attached hydrogen (secondary N) is 1. The highest BCUT2D eigenvalue weighted by Gasteiger charge is 2.49. The maximum absolute atomic E-state index is 13.2. The van der Waals surface area contributed by atoms with Crippen molar-refractivity contribution < 1.29 is 14.3 Å². The Bertz CT molecular complexity index is 913. The number of carbonyl (C=O) groups is 1. The fourth-order valence-electron chi connectivity index (χ4n) is 4.88. The van der Waals surface area contributed by atoms with Gasteiger partial charge in [-0.2, -0.15) is 0 Å². The van der Waals surface area contributed by atoms with Crippen LogP contribution >= 0.6 is 0 Å². The van der Waals surface area contributed by atoms with Crippen molar-refractivity contribution in [3.05, 3.63) is 71.6 Å². The summed E-state index contributed by atoms with van der Waals surface area (Å²) in [5.74, 6) is -0.142. The van der Waals surface area contributed by atoms with Gasteiger partial charge in [0.05, 0.1) is 6.61 Å². The molecule has 6 heteroatoms. The summed E-state index contributed by atoms with van der Waals surface area (Å²) in [6.45, 7) is 4.34. The van der Waals surface area contributed by atoms with E-state index in [2.05, 4.69) is 40.6 Å². The fraction of sp³-hybridized carbons (Fsp3) is 0.400. The normalized spacial score (nSPS) is 24.2. The molecule has 5 nitrogen and oxygen atoms in total. The van der Waals surface area contributed by atoms with Crippen LogP contribution in [0, 0.1) is 5.82 Å². The van der Waals surface area contributed by atoms with Crippen molar-refractivity contribution in [2.24, 2.45) is 0 Å². The highest BCUT2D eigenvalue weighted by Crippen LogP contribution is 2.42. The number of allylic oxidation sites excluding steroid dienone is 1. The lowest BCUT2D eigenvalue weighted by Crippen LogP contribution is -2.68. The molecule has 3 atom stereocenters. The molecule has 2 aromatic rings. The van der Waals surface area contributed by atoms with Crippen molar-refractivity contribution in [1.82, 2.24) is 9.80 Å². The van der Waals surface area contributed by atoms with Crippen molar-refractivity contribution in [1.29, 1.82) is 0 Å². The summed E-state index contributed by atoms with van der Waals surface area (Å²) in [6, 6.07) is 14.4. The lowest BCUT2D eigenvalue weighted by atomic mass is 9.74. The predicted molar refractivity (Wildman–Crippen MR) is 121 cm³/mol. The van der Waals surface area contributed by atoms with Crippen LogP contribution in [-0.4, -0.2) is 59.3 Å². The van der Waals surface area contributed by atoms with Gasteiger partial charge in [0.25, 0.3) is 0 Å². The molecule has 164 valence electrons. The van der Waals surface area contributed by atoms with E-state index < -0.39 is 0 Å². The molecule has 0 aliphatic carbocycles. The molecular formula is C25H30FN3O2. The molecule has 0 bridgehead atoms. The fourth-order valence-corrected chi connectivity index (χ4v) is 4.88. The van der Waals surface area contributed by atoms with Crippen molar-refractivity contribution in [3.8, 4) is 0 Å². The number of urea groups is 1. The molecule has 2 fully saturated rings. The van der Waals surface area contributed by atoms with E-state index in [0.717, 1.165) is 24.9 Å². The topological polar surface area (TPSA) is 55.8 Å². The monoisotopic (exact) mass is 423 g/mol. The number of hydrogen-bond acceptors (Lipinski definition) is 3. The summed E-state index contributed by atoms with van der Waals surface area (Å²) in [4.78, 5) is 17.2.